The van der Waals surface area contributed by atoms with Gasteiger partial charge in [0, 0.05) is 37.4 Å². The normalized spacial score (nSPS) is 25.1. The number of likely N-dealkylation sites (tertiary alicyclic amines) is 1. The first kappa shape index (κ1) is 13.4. The molecule has 0 bridgehead atoms. The first-order valence-electron chi connectivity index (χ1n) is 7.19. The summed E-state index contributed by atoms with van der Waals surface area (Å²) in [5, 5.41) is 3.37. The molecule has 0 spiro atoms. The summed E-state index contributed by atoms with van der Waals surface area (Å²) in [7, 11) is 0. The van der Waals surface area contributed by atoms with Crippen LogP contribution in [-0.4, -0.2) is 47.8 Å². The first-order valence-corrected chi connectivity index (χ1v) is 7.19. The Labute approximate surface area is 118 Å². The van der Waals surface area contributed by atoms with Crippen LogP contribution in [0.2, 0.25) is 0 Å². The number of carbonyl (C=O) groups is 2. The molecule has 20 heavy (non-hydrogen) atoms. The maximum absolute atomic E-state index is 12.7. The molecule has 3 rings (SSSR count). The molecule has 2 atom stereocenters. The van der Waals surface area contributed by atoms with Crippen LogP contribution in [-0.2, 0) is 0 Å². The minimum absolute atomic E-state index is 0.0118. The van der Waals surface area contributed by atoms with E-state index in [-0.39, 0.29) is 11.7 Å². The topological polar surface area (TPSA) is 65.2 Å². The van der Waals surface area contributed by atoms with Gasteiger partial charge in [-0.2, -0.15) is 0 Å². The van der Waals surface area contributed by atoms with Crippen molar-refractivity contribution >= 4 is 11.7 Å². The smallest absolute Gasteiger partial charge is 0.270 e. The molecule has 2 N–H and O–H groups in total. The molecule has 108 valence electrons. The molecule has 0 unspecified atom stereocenters. The van der Waals surface area contributed by atoms with E-state index in [1.807, 2.05) is 18.7 Å². The van der Waals surface area contributed by atoms with Crippen LogP contribution in [0.15, 0.2) is 0 Å². The zero-order valence-corrected chi connectivity index (χ0v) is 12.2. The summed E-state index contributed by atoms with van der Waals surface area (Å²) in [6.45, 7) is 8.91. The second kappa shape index (κ2) is 4.74. The van der Waals surface area contributed by atoms with Gasteiger partial charge in [-0.1, -0.05) is 0 Å². The summed E-state index contributed by atoms with van der Waals surface area (Å²) in [6, 6.07) is 0. The van der Waals surface area contributed by atoms with Gasteiger partial charge in [0.25, 0.3) is 5.91 Å². The number of aromatic amines is 1. The maximum atomic E-state index is 12.7. The standard InChI is InChI=1S/C15H21N3O2/c1-8-13(10(3)19)9(2)17-14(8)15(20)18-6-11-4-16-5-12(11)7-18/h11-12,16-17H,4-7H2,1-3H3/t11-,12+. The van der Waals surface area contributed by atoms with E-state index in [4.69, 9.17) is 0 Å². The fourth-order valence-corrected chi connectivity index (χ4v) is 3.67. The van der Waals surface area contributed by atoms with E-state index >= 15 is 0 Å². The number of Topliss-reactive ketones (excluding diaryl/α,β-unsaturated/α-hetero) is 1. The van der Waals surface area contributed by atoms with Crippen molar-refractivity contribution in [2.75, 3.05) is 26.2 Å². The summed E-state index contributed by atoms with van der Waals surface area (Å²) >= 11 is 0. The maximum Gasteiger partial charge on any atom is 0.270 e. The molecule has 0 radical (unpaired) electrons. The molecule has 1 aromatic rings. The van der Waals surface area contributed by atoms with Gasteiger partial charge in [-0.25, -0.2) is 0 Å². The molecule has 0 aromatic carbocycles. The number of hydrogen-bond acceptors (Lipinski definition) is 3. The molecule has 2 aliphatic rings. The number of hydrogen-bond donors (Lipinski definition) is 2. The highest BCUT2D eigenvalue weighted by molar-refractivity contribution is 6.02. The molecule has 2 saturated heterocycles. The van der Waals surface area contributed by atoms with Crippen LogP contribution in [0.4, 0.5) is 0 Å². The number of nitrogens with one attached hydrogen (secondary N) is 2. The number of rotatable bonds is 2. The Hall–Kier alpha value is -1.62. The van der Waals surface area contributed by atoms with Crippen molar-refractivity contribution in [2.45, 2.75) is 20.8 Å². The van der Waals surface area contributed by atoms with Gasteiger partial charge in [0.2, 0.25) is 0 Å². The number of aryl methyl sites for hydroxylation is 1. The lowest BCUT2D eigenvalue weighted by Gasteiger charge is -2.17. The number of fused-ring (bicyclic) bond motifs is 1. The van der Waals surface area contributed by atoms with Gasteiger partial charge < -0.3 is 15.2 Å². The lowest BCUT2D eigenvalue weighted by molar-refractivity contribution is 0.0775. The van der Waals surface area contributed by atoms with Gasteiger partial charge in [0.15, 0.2) is 5.78 Å². The predicted molar refractivity (Wildman–Crippen MR) is 76.0 cm³/mol. The number of aromatic nitrogens is 1. The Bertz CT molecular complexity index is 564. The summed E-state index contributed by atoms with van der Waals surface area (Å²) in [6.07, 6.45) is 0. The highest BCUT2D eigenvalue weighted by Crippen LogP contribution is 2.28. The fourth-order valence-electron chi connectivity index (χ4n) is 3.67. The van der Waals surface area contributed by atoms with Crippen LogP contribution in [0.1, 0.15) is 39.0 Å². The van der Waals surface area contributed by atoms with E-state index in [9.17, 15) is 9.59 Å². The lowest BCUT2D eigenvalue weighted by Crippen LogP contribution is -2.32. The third-order valence-electron chi connectivity index (χ3n) is 4.68. The van der Waals surface area contributed by atoms with Crippen molar-refractivity contribution < 1.29 is 9.59 Å². The Balaban J connectivity index is 1.85. The SMILES string of the molecule is CC(=O)c1c(C)[nH]c(C(=O)N2C[C@H]3CNC[C@H]3C2)c1C. The molecule has 1 aromatic heterocycles. The number of carbonyl (C=O) groups excluding carboxylic acids is 2. The third-order valence-corrected chi connectivity index (χ3v) is 4.68. The van der Waals surface area contributed by atoms with Crippen molar-refractivity contribution in [3.8, 4) is 0 Å². The van der Waals surface area contributed by atoms with Crippen molar-refractivity contribution in [3.63, 3.8) is 0 Å². The second-order valence-corrected chi connectivity index (χ2v) is 6.07. The minimum atomic E-state index is 0.0118. The summed E-state index contributed by atoms with van der Waals surface area (Å²) in [4.78, 5) is 29.3. The summed E-state index contributed by atoms with van der Waals surface area (Å²) < 4.78 is 0. The number of amides is 1. The highest BCUT2D eigenvalue weighted by atomic mass is 16.2. The van der Waals surface area contributed by atoms with Crippen LogP contribution >= 0.6 is 0 Å². The summed E-state index contributed by atoms with van der Waals surface area (Å²) in [5.74, 6) is 1.22. The molecule has 0 saturated carbocycles. The molecule has 3 heterocycles. The Morgan fingerprint density at radius 1 is 1.15 bits per heavy atom. The molecular formula is C15H21N3O2. The van der Waals surface area contributed by atoms with Crippen LogP contribution in [0, 0.1) is 25.7 Å². The monoisotopic (exact) mass is 275 g/mol. The third kappa shape index (κ3) is 1.97. The Kier molecular flexibility index (Phi) is 3.17. The lowest BCUT2D eigenvalue weighted by atomic mass is 10.0. The van der Waals surface area contributed by atoms with Crippen molar-refractivity contribution in [1.82, 2.24) is 15.2 Å². The van der Waals surface area contributed by atoms with E-state index in [1.165, 1.54) is 0 Å². The number of ketones is 1. The number of H-pyrrole nitrogens is 1. The van der Waals surface area contributed by atoms with E-state index in [0.717, 1.165) is 37.4 Å². The average Bonchev–Trinajstić information content (AvgIpc) is 3.00. The molecule has 2 aliphatic heterocycles. The van der Waals surface area contributed by atoms with Crippen LogP contribution in [0.3, 0.4) is 0 Å². The molecule has 1 amide bonds. The Morgan fingerprint density at radius 3 is 2.25 bits per heavy atom. The van der Waals surface area contributed by atoms with Crippen LogP contribution in [0.5, 0.6) is 0 Å². The summed E-state index contributed by atoms with van der Waals surface area (Å²) in [5.41, 5.74) is 2.82. The molecule has 5 nitrogen and oxygen atoms in total. The zero-order valence-electron chi connectivity index (χ0n) is 12.2. The van der Waals surface area contributed by atoms with Gasteiger partial charge in [-0.05, 0) is 38.2 Å². The van der Waals surface area contributed by atoms with Gasteiger partial charge in [-0.3, -0.25) is 9.59 Å². The zero-order chi connectivity index (χ0) is 14.4. The van der Waals surface area contributed by atoms with Gasteiger partial charge >= 0.3 is 0 Å². The molecule has 2 fully saturated rings. The van der Waals surface area contributed by atoms with E-state index in [1.54, 1.807) is 6.92 Å². The molecule has 0 aliphatic carbocycles. The highest BCUT2D eigenvalue weighted by Gasteiger charge is 2.39. The van der Waals surface area contributed by atoms with Gasteiger partial charge in [0.05, 0.1) is 0 Å². The van der Waals surface area contributed by atoms with E-state index in [2.05, 4.69) is 10.3 Å². The van der Waals surface area contributed by atoms with Crippen molar-refractivity contribution in [2.24, 2.45) is 11.8 Å². The first-order chi connectivity index (χ1) is 9.49. The average molecular weight is 275 g/mol. The van der Waals surface area contributed by atoms with Crippen LogP contribution in [0.25, 0.3) is 0 Å². The number of nitrogens with zero attached hydrogens (tertiary/aromatic N) is 1. The van der Waals surface area contributed by atoms with E-state index in [0.29, 0.717) is 23.1 Å². The van der Waals surface area contributed by atoms with Gasteiger partial charge in [0.1, 0.15) is 5.69 Å². The molecule has 5 heteroatoms. The minimum Gasteiger partial charge on any atom is -0.354 e. The van der Waals surface area contributed by atoms with Crippen LogP contribution < -0.4 is 5.32 Å². The largest absolute Gasteiger partial charge is 0.354 e. The van der Waals surface area contributed by atoms with Crippen molar-refractivity contribution in [3.05, 3.63) is 22.5 Å². The Morgan fingerprint density at radius 2 is 1.75 bits per heavy atom. The predicted octanol–water partition coefficient (Wildman–Crippen LogP) is 1.13. The van der Waals surface area contributed by atoms with Crippen molar-refractivity contribution in [1.29, 1.82) is 0 Å². The van der Waals surface area contributed by atoms with Gasteiger partial charge in [-0.15, -0.1) is 0 Å². The second-order valence-electron chi connectivity index (χ2n) is 6.07. The fraction of sp³-hybridized carbons (Fsp3) is 0.600. The quantitative estimate of drug-likeness (QED) is 0.795. The molecular weight excluding hydrogens is 254 g/mol. The van der Waals surface area contributed by atoms with E-state index < -0.39 is 0 Å².